The van der Waals surface area contributed by atoms with E-state index in [0.29, 0.717) is 5.56 Å². The summed E-state index contributed by atoms with van der Waals surface area (Å²) in [6.45, 7) is 0. The predicted octanol–water partition coefficient (Wildman–Crippen LogP) is 2.77. The first-order valence-electron chi connectivity index (χ1n) is 4.96. The molecule has 3 N–H and O–H groups in total. The molecule has 0 amide bonds. The van der Waals surface area contributed by atoms with Gasteiger partial charge in [0.25, 0.3) is 0 Å². The van der Waals surface area contributed by atoms with Crippen LogP contribution in [0.4, 0.5) is 10.1 Å². The Balaban J connectivity index is 2.39. The van der Waals surface area contributed by atoms with E-state index in [1.165, 1.54) is 24.3 Å². The monoisotopic (exact) mass is 231 g/mol. The van der Waals surface area contributed by atoms with Crippen molar-refractivity contribution in [1.82, 2.24) is 0 Å². The molecule has 0 aliphatic carbocycles. The van der Waals surface area contributed by atoms with Gasteiger partial charge in [0.15, 0.2) is 0 Å². The predicted molar refractivity (Wildman–Crippen MR) is 63.2 cm³/mol. The highest BCUT2D eigenvalue weighted by molar-refractivity contribution is 5.88. The first-order valence-corrected chi connectivity index (χ1v) is 4.96. The SMILES string of the molecule is Nc1ccc(-c2ccc(C(=O)O)cc2)cc1F. The third kappa shape index (κ3) is 2.25. The maximum Gasteiger partial charge on any atom is 0.335 e. The lowest BCUT2D eigenvalue weighted by Crippen LogP contribution is -1.95. The highest BCUT2D eigenvalue weighted by atomic mass is 19.1. The zero-order valence-electron chi connectivity index (χ0n) is 8.85. The van der Waals surface area contributed by atoms with Crippen LogP contribution < -0.4 is 5.73 Å². The van der Waals surface area contributed by atoms with Crippen molar-refractivity contribution < 1.29 is 14.3 Å². The van der Waals surface area contributed by atoms with Gasteiger partial charge in [0.05, 0.1) is 11.3 Å². The normalized spacial score (nSPS) is 10.2. The number of anilines is 1. The lowest BCUT2D eigenvalue weighted by Gasteiger charge is -2.04. The Morgan fingerprint density at radius 1 is 1.06 bits per heavy atom. The molecule has 2 aromatic carbocycles. The molecule has 0 fully saturated rings. The molecule has 0 aliphatic rings. The van der Waals surface area contributed by atoms with Crippen LogP contribution in [0.25, 0.3) is 11.1 Å². The zero-order chi connectivity index (χ0) is 12.4. The summed E-state index contributed by atoms with van der Waals surface area (Å²) < 4.78 is 13.3. The zero-order valence-corrected chi connectivity index (χ0v) is 8.85. The Labute approximate surface area is 97.3 Å². The molecule has 0 atom stereocenters. The van der Waals surface area contributed by atoms with Crippen molar-refractivity contribution in [2.75, 3.05) is 5.73 Å². The summed E-state index contributed by atoms with van der Waals surface area (Å²) in [7, 11) is 0. The van der Waals surface area contributed by atoms with Crippen LogP contribution in [-0.4, -0.2) is 11.1 Å². The first kappa shape index (κ1) is 11.1. The molecular formula is C13H10FNO2. The van der Waals surface area contributed by atoms with E-state index in [4.69, 9.17) is 10.8 Å². The summed E-state index contributed by atoms with van der Waals surface area (Å²) in [5, 5.41) is 8.75. The van der Waals surface area contributed by atoms with Crippen LogP contribution in [0.15, 0.2) is 42.5 Å². The molecule has 0 saturated carbocycles. The van der Waals surface area contributed by atoms with Crippen molar-refractivity contribution in [1.29, 1.82) is 0 Å². The van der Waals surface area contributed by atoms with E-state index in [1.807, 2.05) is 0 Å². The number of hydrogen-bond acceptors (Lipinski definition) is 2. The number of benzene rings is 2. The Kier molecular flexibility index (Phi) is 2.78. The molecule has 0 aromatic heterocycles. The molecule has 2 aromatic rings. The van der Waals surface area contributed by atoms with Crippen molar-refractivity contribution in [2.24, 2.45) is 0 Å². The molecule has 3 nitrogen and oxygen atoms in total. The molecule has 0 aliphatic heterocycles. The molecular weight excluding hydrogens is 221 g/mol. The van der Waals surface area contributed by atoms with Crippen molar-refractivity contribution in [2.45, 2.75) is 0 Å². The van der Waals surface area contributed by atoms with Gasteiger partial charge < -0.3 is 10.8 Å². The Bertz CT molecular complexity index is 564. The van der Waals surface area contributed by atoms with Gasteiger partial charge in [0.1, 0.15) is 5.82 Å². The van der Waals surface area contributed by atoms with Gasteiger partial charge in [-0.3, -0.25) is 0 Å². The molecule has 4 heteroatoms. The molecule has 0 heterocycles. The fraction of sp³-hybridized carbons (Fsp3) is 0. The molecule has 2 rings (SSSR count). The second-order valence-corrected chi connectivity index (χ2v) is 3.62. The Morgan fingerprint density at radius 2 is 1.65 bits per heavy atom. The van der Waals surface area contributed by atoms with Gasteiger partial charge >= 0.3 is 5.97 Å². The summed E-state index contributed by atoms with van der Waals surface area (Å²) in [5.41, 5.74) is 7.08. The van der Waals surface area contributed by atoms with Gasteiger partial charge in [-0.2, -0.15) is 0 Å². The van der Waals surface area contributed by atoms with Crippen molar-refractivity contribution >= 4 is 11.7 Å². The van der Waals surface area contributed by atoms with E-state index in [2.05, 4.69) is 0 Å². The number of aromatic carboxylic acids is 1. The summed E-state index contributed by atoms with van der Waals surface area (Å²) in [5.74, 6) is -1.47. The lowest BCUT2D eigenvalue weighted by atomic mass is 10.0. The highest BCUT2D eigenvalue weighted by Gasteiger charge is 2.05. The first-order chi connectivity index (χ1) is 8.08. The van der Waals surface area contributed by atoms with Crippen molar-refractivity contribution in [3.05, 3.63) is 53.8 Å². The second kappa shape index (κ2) is 4.25. The van der Waals surface area contributed by atoms with Gasteiger partial charge in [-0.05, 0) is 35.4 Å². The number of halogens is 1. The number of nitrogen functional groups attached to an aromatic ring is 1. The molecule has 0 bridgehead atoms. The van der Waals surface area contributed by atoms with Gasteiger partial charge in [0.2, 0.25) is 0 Å². The van der Waals surface area contributed by atoms with E-state index >= 15 is 0 Å². The average molecular weight is 231 g/mol. The standard InChI is InChI=1S/C13H10FNO2/c14-11-7-10(5-6-12(11)15)8-1-3-9(4-2-8)13(16)17/h1-7H,15H2,(H,16,17). The summed E-state index contributed by atoms with van der Waals surface area (Å²) in [4.78, 5) is 10.7. The number of carboxylic acids is 1. The third-order valence-electron chi connectivity index (χ3n) is 2.47. The van der Waals surface area contributed by atoms with E-state index in [1.54, 1.807) is 18.2 Å². The minimum absolute atomic E-state index is 0.0934. The van der Waals surface area contributed by atoms with Crippen LogP contribution >= 0.6 is 0 Å². The average Bonchev–Trinajstić information content (AvgIpc) is 2.33. The minimum atomic E-state index is -0.986. The number of hydrogen-bond donors (Lipinski definition) is 2. The summed E-state index contributed by atoms with van der Waals surface area (Å²) in [6.07, 6.45) is 0. The maximum absolute atomic E-state index is 13.3. The molecule has 0 unspecified atom stereocenters. The van der Waals surface area contributed by atoms with Crippen LogP contribution in [0.1, 0.15) is 10.4 Å². The summed E-state index contributed by atoms with van der Waals surface area (Å²) in [6, 6.07) is 10.7. The second-order valence-electron chi connectivity index (χ2n) is 3.62. The number of carboxylic acid groups (broad SMARTS) is 1. The summed E-state index contributed by atoms with van der Waals surface area (Å²) >= 11 is 0. The van der Waals surface area contributed by atoms with E-state index in [0.717, 1.165) is 5.56 Å². The van der Waals surface area contributed by atoms with E-state index < -0.39 is 11.8 Å². The fourth-order valence-electron chi connectivity index (χ4n) is 1.51. The van der Waals surface area contributed by atoms with Crippen LogP contribution in [0.5, 0.6) is 0 Å². The molecule has 0 radical (unpaired) electrons. The van der Waals surface area contributed by atoms with Gasteiger partial charge in [0, 0.05) is 0 Å². The molecule has 17 heavy (non-hydrogen) atoms. The Morgan fingerprint density at radius 3 is 2.18 bits per heavy atom. The van der Waals surface area contributed by atoms with Crippen LogP contribution in [-0.2, 0) is 0 Å². The molecule has 0 saturated heterocycles. The minimum Gasteiger partial charge on any atom is -0.478 e. The number of carbonyl (C=O) groups is 1. The lowest BCUT2D eigenvalue weighted by molar-refractivity contribution is 0.0697. The van der Waals surface area contributed by atoms with Crippen molar-refractivity contribution in [3.63, 3.8) is 0 Å². The van der Waals surface area contributed by atoms with Gasteiger partial charge in [-0.15, -0.1) is 0 Å². The maximum atomic E-state index is 13.3. The van der Waals surface area contributed by atoms with E-state index in [9.17, 15) is 9.18 Å². The van der Waals surface area contributed by atoms with E-state index in [-0.39, 0.29) is 11.3 Å². The smallest absolute Gasteiger partial charge is 0.335 e. The number of rotatable bonds is 2. The number of nitrogens with two attached hydrogens (primary N) is 1. The topological polar surface area (TPSA) is 63.3 Å². The third-order valence-corrected chi connectivity index (χ3v) is 2.47. The highest BCUT2D eigenvalue weighted by Crippen LogP contribution is 2.23. The van der Waals surface area contributed by atoms with Gasteiger partial charge in [-0.25, -0.2) is 9.18 Å². The van der Waals surface area contributed by atoms with Crippen molar-refractivity contribution in [3.8, 4) is 11.1 Å². The van der Waals surface area contributed by atoms with Crippen LogP contribution in [0.2, 0.25) is 0 Å². The Hall–Kier alpha value is -2.36. The quantitative estimate of drug-likeness (QED) is 0.781. The fourth-order valence-corrected chi connectivity index (χ4v) is 1.51. The largest absolute Gasteiger partial charge is 0.478 e. The molecule has 0 spiro atoms. The van der Waals surface area contributed by atoms with Crippen LogP contribution in [0.3, 0.4) is 0 Å². The van der Waals surface area contributed by atoms with Gasteiger partial charge in [-0.1, -0.05) is 18.2 Å². The van der Waals surface area contributed by atoms with Crippen LogP contribution in [0, 0.1) is 5.82 Å². The molecule has 86 valence electrons.